The number of thiophene rings is 1. The second kappa shape index (κ2) is 5.20. The molecule has 0 spiro atoms. The third kappa shape index (κ3) is 2.08. The van der Waals surface area contributed by atoms with Crippen LogP contribution >= 0.6 is 11.3 Å². The first kappa shape index (κ1) is 11.9. The topological polar surface area (TPSA) is 41.1 Å². The molecule has 0 saturated carbocycles. The van der Waals surface area contributed by atoms with Crippen molar-refractivity contribution in [3.05, 3.63) is 17.8 Å². The number of aromatic nitrogens is 2. The van der Waals surface area contributed by atoms with Gasteiger partial charge in [-0.2, -0.15) is 0 Å². The minimum absolute atomic E-state index is 0.572. The van der Waals surface area contributed by atoms with Crippen LogP contribution in [-0.2, 0) is 0 Å². The molecule has 1 fully saturated rings. The van der Waals surface area contributed by atoms with Gasteiger partial charge >= 0.3 is 0 Å². The maximum Gasteiger partial charge on any atom is 0.141 e. The first-order valence-corrected chi connectivity index (χ1v) is 7.43. The summed E-state index contributed by atoms with van der Waals surface area (Å²) in [5.41, 5.74) is 0. The van der Waals surface area contributed by atoms with Crippen LogP contribution in [0.25, 0.3) is 10.2 Å². The van der Waals surface area contributed by atoms with Gasteiger partial charge < -0.3 is 10.2 Å². The fourth-order valence-corrected chi connectivity index (χ4v) is 3.34. The van der Waals surface area contributed by atoms with Crippen molar-refractivity contribution in [3.63, 3.8) is 0 Å². The Labute approximate surface area is 111 Å². The van der Waals surface area contributed by atoms with Crippen molar-refractivity contribution < 1.29 is 0 Å². The molecule has 1 atom stereocenters. The number of nitrogens with one attached hydrogen (secondary N) is 1. The van der Waals surface area contributed by atoms with Gasteiger partial charge in [0.05, 0.1) is 5.39 Å². The fourth-order valence-electron chi connectivity index (χ4n) is 2.61. The molecule has 0 bridgehead atoms. The van der Waals surface area contributed by atoms with Gasteiger partial charge in [0.2, 0.25) is 0 Å². The van der Waals surface area contributed by atoms with Crippen LogP contribution in [0.5, 0.6) is 0 Å². The Kier molecular flexibility index (Phi) is 3.43. The summed E-state index contributed by atoms with van der Waals surface area (Å²) in [4.78, 5) is 12.4. The van der Waals surface area contributed by atoms with Crippen molar-refractivity contribution >= 4 is 27.4 Å². The fraction of sp³-hybridized carbons (Fsp3) is 0.538. The second-order valence-electron chi connectivity index (χ2n) is 4.68. The van der Waals surface area contributed by atoms with Gasteiger partial charge in [-0.05, 0) is 30.8 Å². The normalized spacial score (nSPS) is 19.5. The van der Waals surface area contributed by atoms with Gasteiger partial charge in [-0.25, -0.2) is 9.97 Å². The Bertz CT molecular complexity index is 518. The smallest absolute Gasteiger partial charge is 0.141 e. The zero-order valence-electron chi connectivity index (χ0n) is 10.6. The number of rotatable bonds is 4. The molecule has 1 N–H and O–H groups in total. The summed E-state index contributed by atoms with van der Waals surface area (Å²) in [5.74, 6) is 1.11. The molecule has 4 nitrogen and oxygen atoms in total. The number of hydrogen-bond donors (Lipinski definition) is 1. The monoisotopic (exact) mass is 262 g/mol. The van der Waals surface area contributed by atoms with Crippen LogP contribution in [0.4, 0.5) is 5.82 Å². The first-order valence-electron chi connectivity index (χ1n) is 6.55. The van der Waals surface area contributed by atoms with E-state index < -0.39 is 0 Å². The highest BCUT2D eigenvalue weighted by atomic mass is 32.1. The van der Waals surface area contributed by atoms with Gasteiger partial charge in [0.1, 0.15) is 17.0 Å². The van der Waals surface area contributed by atoms with Crippen LogP contribution in [0.1, 0.15) is 19.8 Å². The standard InChI is InChI=1S/C13H18N4S/c1-2-6-17(10-3-5-14-8-10)12-11-4-7-18-13(11)16-9-15-12/h4,7,9-10,14H,2-3,5-6,8H2,1H3. The van der Waals surface area contributed by atoms with Crippen LogP contribution in [-0.4, -0.2) is 35.6 Å². The summed E-state index contributed by atoms with van der Waals surface area (Å²) in [6.45, 7) is 5.47. The molecule has 1 aliphatic rings. The molecule has 3 rings (SSSR count). The van der Waals surface area contributed by atoms with Gasteiger partial charge in [-0.1, -0.05) is 6.92 Å². The Hall–Kier alpha value is -1.20. The number of anilines is 1. The van der Waals surface area contributed by atoms with E-state index in [2.05, 4.69) is 38.6 Å². The molecule has 0 radical (unpaired) electrons. The average molecular weight is 262 g/mol. The first-order chi connectivity index (χ1) is 8.90. The number of fused-ring (bicyclic) bond motifs is 1. The molecule has 5 heteroatoms. The maximum absolute atomic E-state index is 4.54. The van der Waals surface area contributed by atoms with Crippen molar-refractivity contribution in [2.24, 2.45) is 0 Å². The quantitative estimate of drug-likeness (QED) is 0.917. The SMILES string of the molecule is CCCN(c1ncnc2sccc12)C1CCNC1. The van der Waals surface area contributed by atoms with Crippen molar-refractivity contribution in [1.82, 2.24) is 15.3 Å². The molecule has 96 valence electrons. The largest absolute Gasteiger partial charge is 0.352 e. The summed E-state index contributed by atoms with van der Waals surface area (Å²) in [5, 5.41) is 6.73. The third-order valence-corrected chi connectivity index (χ3v) is 4.27. The van der Waals surface area contributed by atoms with Crippen LogP contribution in [0, 0.1) is 0 Å². The lowest BCUT2D eigenvalue weighted by molar-refractivity contribution is 0.620. The van der Waals surface area contributed by atoms with Gasteiger partial charge in [0, 0.05) is 19.1 Å². The van der Waals surface area contributed by atoms with Crippen LogP contribution in [0.15, 0.2) is 17.8 Å². The molecular weight excluding hydrogens is 244 g/mol. The molecule has 1 aliphatic heterocycles. The minimum Gasteiger partial charge on any atom is -0.352 e. The highest BCUT2D eigenvalue weighted by Crippen LogP contribution is 2.29. The van der Waals surface area contributed by atoms with Crippen molar-refractivity contribution in [1.29, 1.82) is 0 Å². The Morgan fingerprint density at radius 2 is 2.44 bits per heavy atom. The van der Waals surface area contributed by atoms with Crippen molar-refractivity contribution in [2.75, 3.05) is 24.5 Å². The molecule has 1 unspecified atom stereocenters. The Morgan fingerprint density at radius 1 is 1.50 bits per heavy atom. The van der Waals surface area contributed by atoms with E-state index in [1.54, 1.807) is 17.7 Å². The lowest BCUT2D eigenvalue weighted by Crippen LogP contribution is -2.38. The molecule has 0 amide bonds. The van der Waals surface area contributed by atoms with Crippen LogP contribution < -0.4 is 10.2 Å². The predicted molar refractivity (Wildman–Crippen MR) is 76.3 cm³/mol. The van der Waals surface area contributed by atoms with E-state index in [0.717, 1.165) is 36.7 Å². The third-order valence-electron chi connectivity index (χ3n) is 3.45. The zero-order valence-corrected chi connectivity index (χ0v) is 11.4. The van der Waals surface area contributed by atoms with E-state index in [4.69, 9.17) is 0 Å². The summed E-state index contributed by atoms with van der Waals surface area (Å²) >= 11 is 1.69. The minimum atomic E-state index is 0.572. The molecule has 0 aliphatic carbocycles. The van der Waals surface area contributed by atoms with E-state index in [-0.39, 0.29) is 0 Å². The van der Waals surface area contributed by atoms with Gasteiger partial charge in [0.15, 0.2) is 0 Å². The van der Waals surface area contributed by atoms with Gasteiger partial charge in [-0.15, -0.1) is 11.3 Å². The van der Waals surface area contributed by atoms with E-state index >= 15 is 0 Å². The average Bonchev–Trinajstić information content (AvgIpc) is 3.06. The van der Waals surface area contributed by atoms with E-state index in [1.165, 1.54) is 11.8 Å². The van der Waals surface area contributed by atoms with Crippen LogP contribution in [0.2, 0.25) is 0 Å². The van der Waals surface area contributed by atoms with E-state index in [9.17, 15) is 0 Å². The molecule has 3 heterocycles. The lowest BCUT2D eigenvalue weighted by atomic mass is 10.2. The van der Waals surface area contributed by atoms with Crippen molar-refractivity contribution in [2.45, 2.75) is 25.8 Å². The number of nitrogens with zero attached hydrogens (tertiary/aromatic N) is 3. The molecule has 2 aromatic heterocycles. The highest BCUT2D eigenvalue weighted by molar-refractivity contribution is 7.16. The van der Waals surface area contributed by atoms with Gasteiger partial charge in [-0.3, -0.25) is 0 Å². The van der Waals surface area contributed by atoms with Crippen LogP contribution in [0.3, 0.4) is 0 Å². The predicted octanol–water partition coefficient (Wildman–Crippen LogP) is 2.27. The molecule has 2 aromatic rings. The van der Waals surface area contributed by atoms with E-state index in [1.807, 2.05) is 0 Å². The Balaban J connectivity index is 2.00. The summed E-state index contributed by atoms with van der Waals surface area (Å²) < 4.78 is 0. The highest BCUT2D eigenvalue weighted by Gasteiger charge is 2.24. The molecular formula is C13H18N4S. The lowest BCUT2D eigenvalue weighted by Gasteiger charge is -2.29. The number of hydrogen-bond acceptors (Lipinski definition) is 5. The van der Waals surface area contributed by atoms with Gasteiger partial charge in [0.25, 0.3) is 0 Å². The van der Waals surface area contributed by atoms with E-state index in [0.29, 0.717) is 6.04 Å². The summed E-state index contributed by atoms with van der Waals surface area (Å²) in [6.07, 6.45) is 4.04. The molecule has 1 saturated heterocycles. The maximum atomic E-state index is 4.54. The Morgan fingerprint density at radius 3 is 3.22 bits per heavy atom. The zero-order chi connectivity index (χ0) is 12.4. The second-order valence-corrected chi connectivity index (χ2v) is 5.57. The van der Waals surface area contributed by atoms with Crippen molar-refractivity contribution in [3.8, 4) is 0 Å². The summed E-state index contributed by atoms with van der Waals surface area (Å²) in [7, 11) is 0. The molecule has 18 heavy (non-hydrogen) atoms. The molecule has 0 aromatic carbocycles. The summed E-state index contributed by atoms with van der Waals surface area (Å²) in [6, 6.07) is 2.71.